The summed E-state index contributed by atoms with van der Waals surface area (Å²) in [5, 5.41) is 3.25. The van der Waals surface area contributed by atoms with Crippen LogP contribution in [0.25, 0.3) is 11.1 Å². The molecule has 0 aliphatic carbocycles. The molecule has 0 saturated heterocycles. The van der Waals surface area contributed by atoms with Crippen LogP contribution < -0.4 is 5.32 Å². The fraction of sp³-hybridized carbons (Fsp3) is 0.250. The summed E-state index contributed by atoms with van der Waals surface area (Å²) in [7, 11) is 0. The third kappa shape index (κ3) is 3.77. The van der Waals surface area contributed by atoms with Gasteiger partial charge in [-0.05, 0) is 48.4 Å². The van der Waals surface area contributed by atoms with Gasteiger partial charge < -0.3 is 5.32 Å². The summed E-state index contributed by atoms with van der Waals surface area (Å²) in [4.78, 5) is 0. The summed E-state index contributed by atoms with van der Waals surface area (Å²) in [5.41, 5.74) is 1.59. The van der Waals surface area contributed by atoms with Gasteiger partial charge in [0, 0.05) is 12.1 Å². The molecule has 0 aliphatic rings. The molecule has 112 valence electrons. The Hall–Kier alpha value is -1.52. The van der Waals surface area contributed by atoms with Crippen LogP contribution in [0.15, 0.2) is 30.3 Å². The maximum Gasteiger partial charge on any atom is 0.160 e. The van der Waals surface area contributed by atoms with Crippen molar-refractivity contribution < 1.29 is 13.2 Å². The highest BCUT2D eigenvalue weighted by Crippen LogP contribution is 2.32. The quantitative estimate of drug-likeness (QED) is 0.610. The number of nitrogens with one attached hydrogen (secondary N) is 1. The van der Waals surface area contributed by atoms with Gasteiger partial charge in [0.2, 0.25) is 0 Å². The molecule has 0 bridgehead atoms. The van der Waals surface area contributed by atoms with E-state index in [9.17, 15) is 13.2 Å². The molecule has 21 heavy (non-hydrogen) atoms. The Labute approximate surface area is 126 Å². The van der Waals surface area contributed by atoms with Gasteiger partial charge in [0.1, 0.15) is 5.82 Å². The van der Waals surface area contributed by atoms with Crippen molar-refractivity contribution in [2.24, 2.45) is 0 Å². The van der Waals surface area contributed by atoms with Gasteiger partial charge in [0.15, 0.2) is 11.6 Å². The molecule has 5 heteroatoms. The van der Waals surface area contributed by atoms with Crippen LogP contribution in [-0.2, 0) is 6.54 Å². The molecular weight excluding hydrogens is 299 g/mol. The summed E-state index contributed by atoms with van der Waals surface area (Å²) in [6.45, 7) is 3.23. The average molecular weight is 314 g/mol. The molecule has 0 spiro atoms. The first-order chi connectivity index (χ1) is 10.0. The molecule has 0 fully saturated rings. The van der Waals surface area contributed by atoms with E-state index < -0.39 is 11.6 Å². The minimum Gasteiger partial charge on any atom is -0.313 e. The van der Waals surface area contributed by atoms with Crippen LogP contribution in [0, 0.1) is 17.5 Å². The highest BCUT2D eigenvalue weighted by atomic mass is 35.5. The number of halogens is 4. The number of hydrogen-bond acceptors (Lipinski definition) is 1. The first-order valence-corrected chi connectivity index (χ1v) is 7.04. The van der Waals surface area contributed by atoms with Crippen LogP contribution in [-0.4, -0.2) is 6.54 Å². The van der Waals surface area contributed by atoms with Gasteiger partial charge in [0.25, 0.3) is 0 Å². The van der Waals surface area contributed by atoms with E-state index in [0.717, 1.165) is 25.1 Å². The molecule has 0 heterocycles. The Bertz CT molecular complexity index is 644. The standard InChI is InChI=1S/C16H15ClF3N/c1-2-5-21-9-10-6-11(18)3-4-12(10)13-7-15(19)16(20)8-14(13)17/h3-4,6-8,21H,2,5,9H2,1H3. The molecule has 2 aromatic rings. The first kappa shape index (κ1) is 15.9. The molecule has 2 aromatic carbocycles. The summed E-state index contributed by atoms with van der Waals surface area (Å²) < 4.78 is 40.0. The lowest BCUT2D eigenvalue weighted by atomic mass is 9.99. The lowest BCUT2D eigenvalue weighted by molar-refractivity contribution is 0.509. The molecule has 0 unspecified atom stereocenters. The second-order valence-electron chi connectivity index (χ2n) is 4.72. The van der Waals surface area contributed by atoms with Crippen LogP contribution >= 0.6 is 11.6 Å². The number of rotatable bonds is 5. The molecule has 0 atom stereocenters. The number of hydrogen-bond donors (Lipinski definition) is 1. The van der Waals surface area contributed by atoms with Crippen LogP contribution in [0.5, 0.6) is 0 Å². The minimum atomic E-state index is -1.00. The van der Waals surface area contributed by atoms with Crippen molar-refractivity contribution in [3.05, 3.63) is 58.4 Å². The summed E-state index contributed by atoms with van der Waals surface area (Å²) in [5.74, 6) is -2.37. The van der Waals surface area contributed by atoms with Gasteiger partial charge >= 0.3 is 0 Å². The summed E-state index contributed by atoms with van der Waals surface area (Å²) in [6, 6.07) is 6.13. The maximum absolute atomic E-state index is 13.4. The van der Waals surface area contributed by atoms with Gasteiger partial charge in [-0.25, -0.2) is 13.2 Å². The molecular formula is C16H15ClF3N. The van der Waals surface area contributed by atoms with Crippen LogP contribution in [0.4, 0.5) is 13.2 Å². The van der Waals surface area contributed by atoms with Crippen molar-refractivity contribution >= 4 is 11.6 Å². The van der Waals surface area contributed by atoms with Gasteiger partial charge in [-0.15, -0.1) is 0 Å². The monoisotopic (exact) mass is 313 g/mol. The van der Waals surface area contributed by atoms with E-state index >= 15 is 0 Å². The van der Waals surface area contributed by atoms with Crippen molar-refractivity contribution in [3.63, 3.8) is 0 Å². The van der Waals surface area contributed by atoms with E-state index in [1.807, 2.05) is 6.92 Å². The largest absolute Gasteiger partial charge is 0.313 e. The molecule has 0 radical (unpaired) electrons. The Balaban J connectivity index is 2.45. The molecule has 0 saturated carbocycles. The van der Waals surface area contributed by atoms with Crippen molar-refractivity contribution in [2.45, 2.75) is 19.9 Å². The van der Waals surface area contributed by atoms with E-state index in [1.165, 1.54) is 18.2 Å². The molecule has 0 aromatic heterocycles. The van der Waals surface area contributed by atoms with Gasteiger partial charge in [-0.2, -0.15) is 0 Å². The summed E-state index contributed by atoms with van der Waals surface area (Å²) >= 11 is 5.99. The highest BCUT2D eigenvalue weighted by Gasteiger charge is 2.13. The zero-order chi connectivity index (χ0) is 15.4. The van der Waals surface area contributed by atoms with Crippen LogP contribution in [0.1, 0.15) is 18.9 Å². The molecule has 0 amide bonds. The van der Waals surface area contributed by atoms with Crippen molar-refractivity contribution in [1.82, 2.24) is 5.32 Å². The van der Waals surface area contributed by atoms with E-state index in [1.54, 1.807) is 0 Å². The fourth-order valence-corrected chi connectivity index (χ4v) is 2.35. The molecule has 1 N–H and O–H groups in total. The van der Waals surface area contributed by atoms with E-state index in [2.05, 4.69) is 5.32 Å². The Morgan fingerprint density at radius 3 is 2.43 bits per heavy atom. The Morgan fingerprint density at radius 1 is 1.00 bits per heavy atom. The van der Waals surface area contributed by atoms with E-state index in [-0.39, 0.29) is 10.8 Å². The Morgan fingerprint density at radius 2 is 1.71 bits per heavy atom. The predicted octanol–water partition coefficient (Wildman–Crippen LogP) is 4.92. The molecule has 1 nitrogen and oxygen atoms in total. The maximum atomic E-state index is 13.4. The van der Waals surface area contributed by atoms with Gasteiger partial charge in [0.05, 0.1) is 5.02 Å². The summed E-state index contributed by atoms with van der Waals surface area (Å²) in [6.07, 6.45) is 0.941. The fourth-order valence-electron chi connectivity index (χ4n) is 2.10. The predicted molar refractivity (Wildman–Crippen MR) is 78.8 cm³/mol. The van der Waals surface area contributed by atoms with E-state index in [0.29, 0.717) is 23.2 Å². The number of benzene rings is 2. The Kier molecular flexibility index (Phi) is 5.26. The third-order valence-electron chi connectivity index (χ3n) is 3.11. The molecule has 0 aliphatic heterocycles. The van der Waals surface area contributed by atoms with Gasteiger partial charge in [-0.3, -0.25) is 0 Å². The lowest BCUT2D eigenvalue weighted by Gasteiger charge is -2.13. The van der Waals surface area contributed by atoms with Gasteiger partial charge in [-0.1, -0.05) is 24.6 Å². The SMILES string of the molecule is CCCNCc1cc(F)ccc1-c1cc(F)c(F)cc1Cl. The van der Waals surface area contributed by atoms with Crippen molar-refractivity contribution in [2.75, 3.05) is 6.54 Å². The van der Waals surface area contributed by atoms with Crippen LogP contribution in [0.3, 0.4) is 0 Å². The second kappa shape index (κ2) is 6.96. The highest BCUT2D eigenvalue weighted by molar-refractivity contribution is 6.33. The second-order valence-corrected chi connectivity index (χ2v) is 5.13. The first-order valence-electron chi connectivity index (χ1n) is 6.67. The van der Waals surface area contributed by atoms with Crippen molar-refractivity contribution in [1.29, 1.82) is 0 Å². The lowest BCUT2D eigenvalue weighted by Crippen LogP contribution is -2.14. The zero-order valence-corrected chi connectivity index (χ0v) is 12.3. The third-order valence-corrected chi connectivity index (χ3v) is 3.42. The minimum absolute atomic E-state index is 0.0947. The normalized spacial score (nSPS) is 10.9. The smallest absolute Gasteiger partial charge is 0.160 e. The molecule has 2 rings (SSSR count). The van der Waals surface area contributed by atoms with Crippen LogP contribution in [0.2, 0.25) is 5.02 Å². The zero-order valence-electron chi connectivity index (χ0n) is 11.5. The van der Waals surface area contributed by atoms with Crippen molar-refractivity contribution in [3.8, 4) is 11.1 Å². The average Bonchev–Trinajstić information content (AvgIpc) is 2.44. The topological polar surface area (TPSA) is 12.0 Å². The van der Waals surface area contributed by atoms with E-state index in [4.69, 9.17) is 11.6 Å².